The average molecular weight is 77.1 g/mol. The van der Waals surface area contributed by atoms with Crippen molar-refractivity contribution in [1.82, 2.24) is 0 Å². The molecule has 0 spiro atoms. The van der Waals surface area contributed by atoms with Gasteiger partial charge in [-0.3, -0.25) is 0 Å². The minimum absolute atomic E-state index is 0. The topological polar surface area (TPSA) is 0 Å². The molecule has 0 aromatic heterocycles. The van der Waals surface area contributed by atoms with E-state index >= 15 is 0 Å². The first-order valence-electron chi connectivity index (χ1n) is 1.55. The number of hydrogen-bond donors (Lipinski definition) is 0. The Balaban J connectivity index is 0.000000160. The van der Waals surface area contributed by atoms with Crippen LogP contribution in [0.1, 0.15) is 13.3 Å². The van der Waals surface area contributed by atoms with Crippen LogP contribution in [0.15, 0.2) is 11.6 Å². The predicted octanol–water partition coefficient (Wildman–Crippen LogP) is 0.956. The maximum Gasteiger partial charge on any atom is 0 e. The third-order valence-electron chi connectivity index (χ3n) is 0.612. The van der Waals surface area contributed by atoms with E-state index in [9.17, 15) is 0 Å². The molecule has 1 rings (SSSR count). The van der Waals surface area contributed by atoms with Crippen LogP contribution in [0.2, 0.25) is 0 Å². The molecule has 0 fully saturated rings. The van der Waals surface area contributed by atoms with Gasteiger partial charge >= 0.3 is 0 Å². The number of hydrogen-bond acceptors (Lipinski definition) is 0. The molecule has 1 heteroatoms. The van der Waals surface area contributed by atoms with Gasteiger partial charge in [-0.1, -0.05) is 11.6 Å². The Hall–Kier alpha value is 0.740. The maximum atomic E-state index is 2.21. The molecule has 0 bridgehead atoms. The molecule has 1 aliphatic carbocycles. The van der Waals surface area contributed by atoms with Crippen molar-refractivity contribution >= 4 is 29.6 Å². The van der Waals surface area contributed by atoms with E-state index in [0.717, 1.165) is 0 Å². The van der Waals surface area contributed by atoms with Crippen LogP contribution in [0, 0.1) is 0 Å². The first-order valence-corrected chi connectivity index (χ1v) is 1.55. The van der Waals surface area contributed by atoms with Gasteiger partial charge in [0.15, 0.2) is 0 Å². The first kappa shape index (κ1) is 5.74. The molecule has 5 heavy (non-hydrogen) atoms. The van der Waals surface area contributed by atoms with Crippen molar-refractivity contribution in [3.05, 3.63) is 11.6 Å². The van der Waals surface area contributed by atoms with Crippen molar-refractivity contribution < 1.29 is 0 Å². The van der Waals surface area contributed by atoms with Crippen molar-refractivity contribution in [2.75, 3.05) is 0 Å². The van der Waals surface area contributed by atoms with E-state index < -0.39 is 0 Å². The van der Waals surface area contributed by atoms with Crippen LogP contribution >= 0.6 is 0 Å². The fraction of sp³-hybridized carbons (Fsp3) is 0.500. The van der Waals surface area contributed by atoms with Gasteiger partial charge in [0.25, 0.3) is 0 Å². The molecule has 0 saturated carbocycles. The molecule has 0 unspecified atom stereocenters. The minimum atomic E-state index is 0. The molecule has 23 valence electrons. The van der Waals surface area contributed by atoms with Gasteiger partial charge in [-0.2, -0.15) is 0 Å². The van der Waals surface area contributed by atoms with Gasteiger partial charge in [0, 0.05) is 29.6 Å². The summed E-state index contributed by atoms with van der Waals surface area (Å²) in [4.78, 5) is 0. The molecule has 0 aromatic rings. The fourth-order valence-electron chi connectivity index (χ4n) is 0.102. The monoisotopic (exact) mass is 77.0 g/mol. The standard InChI is InChI=1S/C4H6.Na/c1-4-2-3-4;/h2H,3H2,1H3;. The van der Waals surface area contributed by atoms with Gasteiger partial charge in [0.1, 0.15) is 0 Å². The molecule has 1 radical (unpaired) electrons. The average Bonchev–Trinajstić information content (AvgIpc) is 1.75. The summed E-state index contributed by atoms with van der Waals surface area (Å²) in [5.41, 5.74) is 1.54. The van der Waals surface area contributed by atoms with E-state index in [1.807, 2.05) is 0 Å². The Morgan fingerprint density at radius 2 is 2.00 bits per heavy atom. The van der Waals surface area contributed by atoms with Gasteiger partial charge in [0.2, 0.25) is 0 Å². The maximum absolute atomic E-state index is 2.21. The van der Waals surface area contributed by atoms with E-state index in [-0.39, 0.29) is 29.6 Å². The number of allylic oxidation sites excluding steroid dienone is 2. The summed E-state index contributed by atoms with van der Waals surface area (Å²) in [6, 6.07) is 0. The van der Waals surface area contributed by atoms with Gasteiger partial charge in [-0.05, 0) is 13.3 Å². The van der Waals surface area contributed by atoms with E-state index in [1.54, 1.807) is 5.57 Å². The summed E-state index contributed by atoms with van der Waals surface area (Å²) < 4.78 is 0. The van der Waals surface area contributed by atoms with Crippen molar-refractivity contribution in [3.63, 3.8) is 0 Å². The van der Waals surface area contributed by atoms with Crippen molar-refractivity contribution in [1.29, 1.82) is 0 Å². The third kappa shape index (κ3) is 2.54. The Morgan fingerprint density at radius 3 is 2.00 bits per heavy atom. The van der Waals surface area contributed by atoms with E-state index in [1.165, 1.54) is 6.42 Å². The molecule has 0 aromatic carbocycles. The van der Waals surface area contributed by atoms with E-state index in [0.29, 0.717) is 0 Å². The molecule has 0 amide bonds. The summed E-state index contributed by atoms with van der Waals surface area (Å²) >= 11 is 0. The summed E-state index contributed by atoms with van der Waals surface area (Å²) in [6.07, 6.45) is 3.49. The molecule has 0 nitrogen and oxygen atoms in total. The summed E-state index contributed by atoms with van der Waals surface area (Å²) in [6.45, 7) is 2.14. The first-order chi connectivity index (χ1) is 1.89. The van der Waals surface area contributed by atoms with Crippen LogP contribution in [0.5, 0.6) is 0 Å². The summed E-state index contributed by atoms with van der Waals surface area (Å²) in [7, 11) is 0. The summed E-state index contributed by atoms with van der Waals surface area (Å²) in [5.74, 6) is 0. The largest absolute Gasteiger partial charge is 0.0812 e. The zero-order valence-corrected chi connectivity index (χ0v) is 5.78. The van der Waals surface area contributed by atoms with Crippen LogP contribution < -0.4 is 0 Å². The second kappa shape index (κ2) is 2.01. The van der Waals surface area contributed by atoms with Crippen LogP contribution in [0.3, 0.4) is 0 Å². The molecule has 0 heterocycles. The third-order valence-corrected chi connectivity index (χ3v) is 0.612. The molecule has 0 saturated heterocycles. The van der Waals surface area contributed by atoms with E-state index in [4.69, 9.17) is 0 Å². The van der Waals surface area contributed by atoms with Gasteiger partial charge < -0.3 is 0 Å². The van der Waals surface area contributed by atoms with Gasteiger partial charge in [-0.15, -0.1) is 0 Å². The molecule has 0 atom stereocenters. The van der Waals surface area contributed by atoms with Crippen LogP contribution in [-0.4, -0.2) is 29.6 Å². The van der Waals surface area contributed by atoms with Crippen molar-refractivity contribution in [3.8, 4) is 0 Å². The smallest absolute Gasteiger partial charge is 0 e. The Bertz CT molecular complexity index is 54.7. The van der Waals surface area contributed by atoms with Crippen LogP contribution in [-0.2, 0) is 0 Å². The van der Waals surface area contributed by atoms with Gasteiger partial charge in [0.05, 0.1) is 0 Å². The Kier molecular flexibility index (Phi) is 2.31. The summed E-state index contributed by atoms with van der Waals surface area (Å²) in [5, 5.41) is 0. The zero-order chi connectivity index (χ0) is 2.99. The van der Waals surface area contributed by atoms with Crippen LogP contribution in [0.4, 0.5) is 0 Å². The predicted molar refractivity (Wildman–Crippen MR) is 24.1 cm³/mol. The second-order valence-corrected chi connectivity index (χ2v) is 1.25. The Morgan fingerprint density at radius 1 is 1.80 bits per heavy atom. The molecule has 0 aliphatic heterocycles. The van der Waals surface area contributed by atoms with Crippen molar-refractivity contribution in [2.45, 2.75) is 13.3 Å². The Labute approximate surface area is 54.6 Å². The zero-order valence-electron chi connectivity index (χ0n) is 3.78. The van der Waals surface area contributed by atoms with Crippen molar-refractivity contribution in [2.24, 2.45) is 0 Å². The van der Waals surface area contributed by atoms with Gasteiger partial charge in [-0.25, -0.2) is 0 Å². The normalized spacial score (nSPS) is 15.8. The van der Waals surface area contributed by atoms with Crippen LogP contribution in [0.25, 0.3) is 0 Å². The number of rotatable bonds is 0. The minimum Gasteiger partial charge on any atom is -0.0812 e. The quantitative estimate of drug-likeness (QED) is 0.298. The SMILES string of the molecule is CC1=CC1.[Na]. The molecule has 1 aliphatic rings. The van der Waals surface area contributed by atoms with E-state index in [2.05, 4.69) is 13.0 Å². The molecular weight excluding hydrogens is 71.0 g/mol. The molecule has 0 N–H and O–H groups in total. The second-order valence-electron chi connectivity index (χ2n) is 1.25. The fourth-order valence-corrected chi connectivity index (χ4v) is 0.102. The molecular formula is C4H6Na.